The fraction of sp³-hybridized carbons (Fsp3) is 0.368. The molecule has 2 N–H and O–H groups in total. The van der Waals surface area contributed by atoms with E-state index in [0.29, 0.717) is 24.1 Å². The first-order chi connectivity index (χ1) is 14.2. The molecule has 0 amide bonds. The number of carboxylic acids is 1. The Labute approximate surface area is 170 Å². The number of alkyl halides is 3. The molecule has 11 heteroatoms. The molecule has 8 nitrogen and oxygen atoms in total. The van der Waals surface area contributed by atoms with Crippen LogP contribution in [0.4, 0.5) is 19.0 Å². The maximum Gasteiger partial charge on any atom is 0.490 e. The fourth-order valence-corrected chi connectivity index (χ4v) is 2.52. The molecule has 30 heavy (non-hydrogen) atoms. The van der Waals surface area contributed by atoms with Gasteiger partial charge in [-0.25, -0.2) is 4.79 Å². The molecule has 1 fully saturated rings. The first kappa shape index (κ1) is 22.9. The third-order valence-electron chi connectivity index (χ3n) is 3.97. The molecule has 0 radical (unpaired) electrons. The van der Waals surface area contributed by atoms with Crippen LogP contribution in [0.1, 0.15) is 18.2 Å². The lowest BCUT2D eigenvalue weighted by molar-refractivity contribution is -0.192. The summed E-state index contributed by atoms with van der Waals surface area (Å²) in [6.07, 6.45) is -3.54. The Morgan fingerprint density at radius 3 is 2.70 bits per heavy atom. The SMILES string of the molecule is CC1CN(c2cccc(OCc3ccc(C#N)cn3)n2)CCN1.O=C(O)C(F)(F)F. The monoisotopic (exact) mass is 423 g/mol. The van der Waals surface area contributed by atoms with Crippen molar-refractivity contribution in [1.29, 1.82) is 5.26 Å². The normalized spacial score (nSPS) is 16.1. The highest BCUT2D eigenvalue weighted by Crippen LogP contribution is 2.18. The number of ether oxygens (including phenoxy) is 1. The van der Waals surface area contributed by atoms with Crippen LogP contribution in [-0.4, -0.2) is 52.9 Å². The van der Waals surface area contributed by atoms with Gasteiger partial charge in [-0.1, -0.05) is 6.07 Å². The number of carbonyl (C=O) groups is 1. The molecule has 0 aliphatic carbocycles. The second-order valence-corrected chi connectivity index (χ2v) is 6.38. The average molecular weight is 423 g/mol. The number of rotatable bonds is 4. The fourth-order valence-electron chi connectivity index (χ4n) is 2.52. The zero-order chi connectivity index (χ0) is 22.1. The van der Waals surface area contributed by atoms with Crippen LogP contribution in [0.2, 0.25) is 0 Å². The van der Waals surface area contributed by atoms with Crippen LogP contribution < -0.4 is 15.0 Å². The maximum atomic E-state index is 10.6. The zero-order valence-electron chi connectivity index (χ0n) is 16.1. The summed E-state index contributed by atoms with van der Waals surface area (Å²) in [4.78, 5) is 19.9. The first-order valence-corrected chi connectivity index (χ1v) is 8.92. The molecule has 0 aromatic carbocycles. The molecule has 3 heterocycles. The summed E-state index contributed by atoms with van der Waals surface area (Å²) in [6.45, 7) is 5.35. The van der Waals surface area contributed by atoms with Crippen molar-refractivity contribution in [3.63, 3.8) is 0 Å². The second kappa shape index (κ2) is 10.4. The van der Waals surface area contributed by atoms with Crippen molar-refractivity contribution < 1.29 is 27.8 Å². The second-order valence-electron chi connectivity index (χ2n) is 6.38. The maximum absolute atomic E-state index is 10.6. The molecule has 1 unspecified atom stereocenters. The minimum Gasteiger partial charge on any atom is -0.475 e. The molecular formula is C19H20F3N5O3. The molecule has 1 aliphatic rings. The molecule has 0 bridgehead atoms. The predicted octanol–water partition coefficient (Wildman–Crippen LogP) is 2.36. The van der Waals surface area contributed by atoms with Crippen LogP contribution in [0.5, 0.6) is 5.88 Å². The lowest BCUT2D eigenvalue weighted by atomic mass is 10.2. The Hall–Kier alpha value is -3.39. The van der Waals surface area contributed by atoms with Gasteiger partial charge in [0.25, 0.3) is 0 Å². The summed E-state index contributed by atoms with van der Waals surface area (Å²) in [7, 11) is 0. The first-order valence-electron chi connectivity index (χ1n) is 8.92. The van der Waals surface area contributed by atoms with E-state index in [1.54, 1.807) is 18.3 Å². The quantitative estimate of drug-likeness (QED) is 0.771. The Kier molecular flexibility index (Phi) is 7.94. The third kappa shape index (κ3) is 7.21. The van der Waals surface area contributed by atoms with Gasteiger partial charge in [0.15, 0.2) is 0 Å². The molecule has 0 spiro atoms. The number of hydrogen-bond donors (Lipinski definition) is 2. The highest BCUT2D eigenvalue weighted by Gasteiger charge is 2.38. The van der Waals surface area contributed by atoms with E-state index in [0.717, 1.165) is 31.1 Å². The molecule has 1 atom stereocenters. The summed E-state index contributed by atoms with van der Waals surface area (Å²) in [5, 5.41) is 19.3. The molecule has 0 saturated carbocycles. The van der Waals surface area contributed by atoms with Gasteiger partial charge in [-0.3, -0.25) is 4.98 Å². The van der Waals surface area contributed by atoms with Gasteiger partial charge in [-0.15, -0.1) is 0 Å². The van der Waals surface area contributed by atoms with Gasteiger partial charge in [0.1, 0.15) is 18.5 Å². The summed E-state index contributed by atoms with van der Waals surface area (Å²) >= 11 is 0. The Morgan fingerprint density at radius 1 is 1.40 bits per heavy atom. The number of hydrogen-bond acceptors (Lipinski definition) is 7. The largest absolute Gasteiger partial charge is 0.490 e. The van der Waals surface area contributed by atoms with E-state index in [1.165, 1.54) is 0 Å². The molecule has 2 aromatic heterocycles. The van der Waals surface area contributed by atoms with Gasteiger partial charge < -0.3 is 20.1 Å². The number of anilines is 1. The number of piperazine rings is 1. The van der Waals surface area contributed by atoms with Gasteiger partial charge >= 0.3 is 12.1 Å². The van der Waals surface area contributed by atoms with Crippen LogP contribution in [0.3, 0.4) is 0 Å². The van der Waals surface area contributed by atoms with Gasteiger partial charge in [-0.05, 0) is 25.1 Å². The molecule has 3 rings (SSSR count). The number of aromatic nitrogens is 2. The van der Waals surface area contributed by atoms with E-state index >= 15 is 0 Å². The van der Waals surface area contributed by atoms with Crippen LogP contribution in [-0.2, 0) is 11.4 Å². The standard InChI is InChI=1S/C17H19N5O.C2HF3O2/c1-13-11-22(8-7-19-13)16-3-2-4-17(21-16)23-12-15-6-5-14(9-18)10-20-15;3-2(4,5)1(6)7/h2-6,10,13,19H,7-8,11-12H2,1H3;(H,6,7). The van der Waals surface area contributed by atoms with E-state index in [4.69, 9.17) is 19.9 Å². The van der Waals surface area contributed by atoms with Crippen LogP contribution in [0, 0.1) is 11.3 Å². The lowest BCUT2D eigenvalue weighted by Gasteiger charge is -2.32. The Bertz CT molecular complexity index is 884. The van der Waals surface area contributed by atoms with Gasteiger partial charge in [0.05, 0.1) is 11.3 Å². The molecule has 2 aromatic rings. The number of nitriles is 1. The molecule has 1 aliphatic heterocycles. The average Bonchev–Trinajstić information content (AvgIpc) is 2.72. The number of pyridine rings is 2. The van der Waals surface area contributed by atoms with Crippen molar-refractivity contribution in [3.05, 3.63) is 47.8 Å². The minimum absolute atomic E-state index is 0.333. The summed E-state index contributed by atoms with van der Waals surface area (Å²) < 4.78 is 37.5. The van der Waals surface area contributed by atoms with E-state index in [1.807, 2.05) is 24.3 Å². The van der Waals surface area contributed by atoms with E-state index in [-0.39, 0.29) is 0 Å². The van der Waals surface area contributed by atoms with Gasteiger partial charge in [0, 0.05) is 37.9 Å². The Morgan fingerprint density at radius 2 is 2.13 bits per heavy atom. The molecular weight excluding hydrogens is 403 g/mol. The van der Waals surface area contributed by atoms with Crippen molar-refractivity contribution in [2.24, 2.45) is 0 Å². The number of nitrogens with zero attached hydrogens (tertiary/aromatic N) is 4. The Balaban J connectivity index is 0.000000396. The number of nitrogens with one attached hydrogen (secondary N) is 1. The number of halogens is 3. The van der Waals surface area contributed by atoms with E-state index in [9.17, 15) is 13.2 Å². The van der Waals surface area contributed by atoms with E-state index < -0.39 is 12.1 Å². The van der Waals surface area contributed by atoms with Gasteiger partial charge in [0.2, 0.25) is 5.88 Å². The van der Waals surface area contributed by atoms with Crippen molar-refractivity contribution >= 4 is 11.8 Å². The predicted molar refractivity (Wildman–Crippen MR) is 101 cm³/mol. The smallest absolute Gasteiger partial charge is 0.475 e. The van der Waals surface area contributed by atoms with Crippen molar-refractivity contribution in [3.8, 4) is 11.9 Å². The highest BCUT2D eigenvalue weighted by molar-refractivity contribution is 5.73. The highest BCUT2D eigenvalue weighted by atomic mass is 19.4. The summed E-state index contributed by atoms with van der Waals surface area (Å²) in [6, 6.07) is 11.8. The van der Waals surface area contributed by atoms with Crippen LogP contribution in [0.25, 0.3) is 0 Å². The van der Waals surface area contributed by atoms with Crippen molar-refractivity contribution in [2.45, 2.75) is 25.7 Å². The topological polar surface area (TPSA) is 111 Å². The molecule has 160 valence electrons. The van der Waals surface area contributed by atoms with E-state index in [2.05, 4.69) is 27.1 Å². The summed E-state index contributed by atoms with van der Waals surface area (Å²) in [5.74, 6) is -1.24. The zero-order valence-corrected chi connectivity index (χ0v) is 16.1. The van der Waals surface area contributed by atoms with Crippen LogP contribution in [0.15, 0.2) is 36.5 Å². The van der Waals surface area contributed by atoms with Crippen molar-refractivity contribution in [1.82, 2.24) is 15.3 Å². The third-order valence-corrected chi connectivity index (χ3v) is 3.97. The number of aliphatic carboxylic acids is 1. The number of carboxylic acid groups (broad SMARTS) is 1. The summed E-state index contributed by atoms with van der Waals surface area (Å²) in [5.41, 5.74) is 1.31. The van der Waals surface area contributed by atoms with Crippen LogP contribution >= 0.6 is 0 Å². The lowest BCUT2D eigenvalue weighted by Crippen LogP contribution is -2.49. The van der Waals surface area contributed by atoms with Gasteiger partial charge in [-0.2, -0.15) is 23.4 Å². The molecule has 1 saturated heterocycles. The minimum atomic E-state index is -5.08. The van der Waals surface area contributed by atoms with Crippen molar-refractivity contribution in [2.75, 3.05) is 24.5 Å².